The molecule has 1 aromatic rings. The van der Waals surface area contributed by atoms with Crippen LogP contribution in [0.15, 0.2) is 47.4 Å². The summed E-state index contributed by atoms with van der Waals surface area (Å²) >= 11 is 1.06. The third kappa shape index (κ3) is 4.46. The Hall–Kier alpha value is -1.55. The number of carbonyl (C=O) groups excluding carboxylic acids is 2. The summed E-state index contributed by atoms with van der Waals surface area (Å²) in [6.07, 6.45) is 2.31. The molecular formula is C11H10O3S. The Balaban J connectivity index is 2.50. The van der Waals surface area contributed by atoms with Gasteiger partial charge in [-0.1, -0.05) is 18.2 Å². The molecule has 78 valence electrons. The van der Waals surface area contributed by atoms with Gasteiger partial charge in [-0.25, -0.2) is 4.79 Å². The smallest absolute Gasteiger partial charge is 0.330 e. The van der Waals surface area contributed by atoms with Gasteiger partial charge in [-0.05, 0) is 30.0 Å². The molecule has 0 spiro atoms. The topological polar surface area (TPSA) is 43.4 Å². The number of hydrogen-bond donors (Lipinski definition) is 0. The van der Waals surface area contributed by atoms with E-state index in [1.807, 2.05) is 30.3 Å². The molecule has 3 nitrogen and oxygen atoms in total. The number of methoxy groups -OCH3 is 1. The maximum Gasteiger partial charge on any atom is 0.330 e. The zero-order valence-electron chi connectivity index (χ0n) is 8.17. The average molecular weight is 222 g/mol. The standard InChI is InChI=1S/C11H10O3S/c1-14-10(12)7-8-11(13)15-9-5-3-2-4-6-9/h2-8H,1H3/b8-7+. The first-order valence-corrected chi connectivity index (χ1v) is 5.07. The van der Waals surface area contributed by atoms with Gasteiger partial charge in [0.05, 0.1) is 7.11 Å². The highest BCUT2D eigenvalue weighted by molar-refractivity contribution is 8.14. The van der Waals surface area contributed by atoms with Crippen molar-refractivity contribution in [2.45, 2.75) is 4.90 Å². The maximum absolute atomic E-state index is 11.3. The van der Waals surface area contributed by atoms with E-state index in [1.165, 1.54) is 13.2 Å². The fourth-order valence-electron chi connectivity index (χ4n) is 0.843. The van der Waals surface area contributed by atoms with Crippen LogP contribution < -0.4 is 0 Å². The Morgan fingerprint density at radius 1 is 1.20 bits per heavy atom. The summed E-state index contributed by atoms with van der Waals surface area (Å²) in [7, 11) is 1.27. The number of thioether (sulfide) groups is 1. The van der Waals surface area contributed by atoms with Crippen molar-refractivity contribution in [3.05, 3.63) is 42.5 Å². The highest BCUT2D eigenvalue weighted by Crippen LogP contribution is 2.18. The summed E-state index contributed by atoms with van der Waals surface area (Å²) in [6.45, 7) is 0. The molecule has 0 saturated heterocycles. The highest BCUT2D eigenvalue weighted by Gasteiger charge is 2.00. The van der Waals surface area contributed by atoms with Crippen LogP contribution >= 0.6 is 11.8 Å². The molecule has 1 rings (SSSR count). The zero-order valence-corrected chi connectivity index (χ0v) is 8.99. The van der Waals surface area contributed by atoms with Crippen molar-refractivity contribution in [3.8, 4) is 0 Å². The first-order chi connectivity index (χ1) is 7.22. The predicted octanol–water partition coefficient (Wildman–Crippen LogP) is 2.03. The highest BCUT2D eigenvalue weighted by atomic mass is 32.2. The lowest BCUT2D eigenvalue weighted by Crippen LogP contribution is -1.95. The quantitative estimate of drug-likeness (QED) is 0.446. The minimum atomic E-state index is -0.531. The van der Waals surface area contributed by atoms with Gasteiger partial charge in [0.1, 0.15) is 0 Å². The Kier molecular flexibility index (Phi) is 4.63. The van der Waals surface area contributed by atoms with E-state index >= 15 is 0 Å². The maximum atomic E-state index is 11.3. The van der Waals surface area contributed by atoms with Crippen molar-refractivity contribution in [3.63, 3.8) is 0 Å². The summed E-state index contributed by atoms with van der Waals surface area (Å²) in [6, 6.07) is 9.22. The molecule has 4 heteroatoms. The Morgan fingerprint density at radius 2 is 1.87 bits per heavy atom. The van der Waals surface area contributed by atoms with Gasteiger partial charge in [-0.2, -0.15) is 0 Å². The van der Waals surface area contributed by atoms with Crippen molar-refractivity contribution < 1.29 is 14.3 Å². The second-order valence-corrected chi connectivity index (χ2v) is 3.67. The van der Waals surface area contributed by atoms with Crippen LogP contribution in [-0.4, -0.2) is 18.2 Å². The molecule has 0 aliphatic carbocycles. The van der Waals surface area contributed by atoms with Crippen molar-refractivity contribution in [2.24, 2.45) is 0 Å². The zero-order chi connectivity index (χ0) is 11.1. The summed E-state index contributed by atoms with van der Waals surface area (Å²) in [5.74, 6) is -0.531. The summed E-state index contributed by atoms with van der Waals surface area (Å²) in [5.41, 5.74) is 0. The van der Waals surface area contributed by atoms with E-state index in [2.05, 4.69) is 4.74 Å². The van der Waals surface area contributed by atoms with Gasteiger partial charge in [0.25, 0.3) is 0 Å². The summed E-state index contributed by atoms with van der Waals surface area (Å²) < 4.78 is 4.36. The van der Waals surface area contributed by atoms with Gasteiger partial charge >= 0.3 is 5.97 Å². The lowest BCUT2D eigenvalue weighted by Gasteiger charge is -1.95. The van der Waals surface area contributed by atoms with Gasteiger partial charge in [0, 0.05) is 11.0 Å². The Bertz CT molecular complexity index is 371. The molecule has 0 atom stereocenters. The number of hydrogen-bond acceptors (Lipinski definition) is 4. The number of ether oxygens (including phenoxy) is 1. The first kappa shape index (κ1) is 11.5. The van der Waals surface area contributed by atoms with Gasteiger partial charge in [0.15, 0.2) is 0 Å². The number of benzene rings is 1. The van der Waals surface area contributed by atoms with Crippen molar-refractivity contribution in [1.29, 1.82) is 0 Å². The van der Waals surface area contributed by atoms with Crippen LogP contribution in [0.4, 0.5) is 0 Å². The fraction of sp³-hybridized carbons (Fsp3) is 0.0909. The van der Waals surface area contributed by atoms with E-state index in [9.17, 15) is 9.59 Å². The normalized spacial score (nSPS) is 10.2. The Morgan fingerprint density at radius 3 is 2.47 bits per heavy atom. The van der Waals surface area contributed by atoms with E-state index in [4.69, 9.17) is 0 Å². The molecule has 0 aliphatic heterocycles. The van der Waals surface area contributed by atoms with E-state index in [1.54, 1.807) is 0 Å². The van der Waals surface area contributed by atoms with Gasteiger partial charge in [0.2, 0.25) is 5.12 Å². The van der Waals surface area contributed by atoms with E-state index < -0.39 is 5.97 Å². The van der Waals surface area contributed by atoms with Crippen LogP contribution in [0.3, 0.4) is 0 Å². The third-order valence-electron chi connectivity index (χ3n) is 1.52. The van der Waals surface area contributed by atoms with Crippen LogP contribution in [0.1, 0.15) is 0 Å². The van der Waals surface area contributed by atoms with Gasteiger partial charge < -0.3 is 4.74 Å². The molecule has 0 N–H and O–H groups in total. The summed E-state index contributed by atoms with van der Waals surface area (Å²) in [5, 5.41) is -0.202. The van der Waals surface area contributed by atoms with Gasteiger partial charge in [-0.15, -0.1) is 0 Å². The molecule has 0 saturated carbocycles. The van der Waals surface area contributed by atoms with E-state index in [0.29, 0.717) is 0 Å². The largest absolute Gasteiger partial charge is 0.466 e. The fourth-order valence-corrected chi connectivity index (χ4v) is 1.50. The molecule has 0 amide bonds. The van der Waals surface area contributed by atoms with E-state index in [0.717, 1.165) is 22.7 Å². The first-order valence-electron chi connectivity index (χ1n) is 4.25. The molecule has 0 aromatic heterocycles. The molecule has 0 bridgehead atoms. The molecule has 0 unspecified atom stereocenters. The van der Waals surface area contributed by atoms with Crippen LogP contribution in [0, 0.1) is 0 Å². The molecule has 0 heterocycles. The molecule has 0 aliphatic rings. The average Bonchev–Trinajstić information content (AvgIpc) is 2.27. The summed E-state index contributed by atoms with van der Waals surface area (Å²) in [4.78, 5) is 22.8. The van der Waals surface area contributed by atoms with Crippen LogP contribution in [0.5, 0.6) is 0 Å². The monoisotopic (exact) mass is 222 g/mol. The SMILES string of the molecule is COC(=O)/C=C/C(=O)Sc1ccccc1. The number of rotatable bonds is 3. The second kappa shape index (κ2) is 6.03. The number of carbonyl (C=O) groups is 2. The molecule has 0 fully saturated rings. The minimum Gasteiger partial charge on any atom is -0.466 e. The van der Waals surface area contributed by atoms with Crippen LogP contribution in [0.2, 0.25) is 0 Å². The lowest BCUT2D eigenvalue weighted by molar-refractivity contribution is -0.135. The van der Waals surface area contributed by atoms with E-state index in [-0.39, 0.29) is 5.12 Å². The Labute approximate surface area is 92.1 Å². The van der Waals surface area contributed by atoms with Gasteiger partial charge in [-0.3, -0.25) is 4.79 Å². The van der Waals surface area contributed by atoms with Crippen LogP contribution in [-0.2, 0) is 14.3 Å². The minimum absolute atomic E-state index is 0.202. The molecule has 0 radical (unpaired) electrons. The molecule has 1 aromatic carbocycles. The second-order valence-electron chi connectivity index (χ2n) is 2.59. The van der Waals surface area contributed by atoms with Crippen molar-refractivity contribution in [1.82, 2.24) is 0 Å². The third-order valence-corrected chi connectivity index (χ3v) is 2.36. The number of esters is 1. The predicted molar refractivity (Wildman–Crippen MR) is 58.5 cm³/mol. The van der Waals surface area contributed by atoms with Crippen molar-refractivity contribution >= 4 is 22.8 Å². The van der Waals surface area contributed by atoms with Crippen LogP contribution in [0.25, 0.3) is 0 Å². The molecular weight excluding hydrogens is 212 g/mol. The lowest BCUT2D eigenvalue weighted by atomic mass is 10.4. The van der Waals surface area contributed by atoms with Crippen molar-refractivity contribution in [2.75, 3.05) is 7.11 Å². The molecule has 15 heavy (non-hydrogen) atoms.